The van der Waals surface area contributed by atoms with Crippen molar-refractivity contribution in [1.29, 1.82) is 0 Å². The van der Waals surface area contributed by atoms with Gasteiger partial charge in [0.25, 0.3) is 0 Å². The van der Waals surface area contributed by atoms with E-state index in [1.807, 2.05) is 0 Å². The van der Waals surface area contributed by atoms with Gasteiger partial charge in [-0.15, -0.1) is 0 Å². The second-order valence-corrected chi connectivity index (χ2v) is 2.29. The number of rotatable bonds is 1. The monoisotopic (exact) mass is 191 g/mol. The summed E-state index contributed by atoms with van der Waals surface area (Å²) < 4.78 is 48.4. The number of hydrogen-bond acceptors (Lipinski definition) is 1. The van der Waals surface area contributed by atoms with Crippen LogP contribution in [0.1, 0.15) is 11.1 Å². The minimum atomic E-state index is -4.59. The van der Waals surface area contributed by atoms with E-state index < -0.39 is 23.1 Å². The average molecular weight is 191 g/mol. The van der Waals surface area contributed by atoms with Crippen LogP contribution in [0.3, 0.4) is 0 Å². The molecular formula is C8H3F4O. The van der Waals surface area contributed by atoms with E-state index in [1.165, 1.54) is 6.29 Å². The maximum Gasteiger partial charge on any atom is 0.416 e. The number of hydrogen-bond donors (Lipinski definition) is 0. The molecule has 1 aromatic carbocycles. The lowest BCUT2D eigenvalue weighted by Gasteiger charge is -2.06. The molecule has 0 saturated heterocycles. The topological polar surface area (TPSA) is 17.1 Å². The van der Waals surface area contributed by atoms with Gasteiger partial charge in [-0.3, -0.25) is 4.79 Å². The maximum absolute atomic E-state index is 12.6. The number of carbonyl (C=O) groups excluding carboxylic acids is 1. The largest absolute Gasteiger partial charge is 0.416 e. The summed E-state index contributed by atoms with van der Waals surface area (Å²) in [5.41, 5.74) is -1.63. The molecule has 0 atom stereocenters. The standard InChI is InChI=1S/C8H3F4O/c9-7-3-6(8(10,11)12)2-1-5(7)4-13/h1-3H. The molecule has 1 aromatic rings. The van der Waals surface area contributed by atoms with Crippen LogP contribution in [0, 0.1) is 5.82 Å². The summed E-state index contributed by atoms with van der Waals surface area (Å²) in [6.07, 6.45) is -3.41. The van der Waals surface area contributed by atoms with Gasteiger partial charge in [-0.05, 0) is 18.2 Å². The quantitative estimate of drug-likeness (QED) is 0.622. The molecule has 13 heavy (non-hydrogen) atoms. The molecule has 0 N–H and O–H groups in total. The Balaban J connectivity index is 3.17. The third-order valence-corrected chi connectivity index (χ3v) is 1.41. The molecule has 0 spiro atoms. The predicted molar refractivity (Wildman–Crippen MR) is 36.2 cm³/mol. The molecule has 5 heteroatoms. The van der Waals surface area contributed by atoms with E-state index in [9.17, 15) is 22.4 Å². The highest BCUT2D eigenvalue weighted by Gasteiger charge is 2.31. The van der Waals surface area contributed by atoms with Crippen molar-refractivity contribution in [3.8, 4) is 0 Å². The zero-order valence-electron chi connectivity index (χ0n) is 6.15. The highest BCUT2D eigenvalue weighted by atomic mass is 19.4. The van der Waals surface area contributed by atoms with Gasteiger partial charge in [-0.25, -0.2) is 4.39 Å². The summed E-state index contributed by atoms with van der Waals surface area (Å²) in [6.45, 7) is 0. The van der Waals surface area contributed by atoms with E-state index in [0.717, 1.165) is 6.07 Å². The van der Waals surface area contributed by atoms with Gasteiger partial charge in [-0.1, -0.05) is 0 Å². The van der Waals surface area contributed by atoms with Crippen molar-refractivity contribution in [3.63, 3.8) is 0 Å². The highest BCUT2D eigenvalue weighted by Crippen LogP contribution is 2.29. The van der Waals surface area contributed by atoms with Crippen molar-refractivity contribution in [1.82, 2.24) is 0 Å². The van der Waals surface area contributed by atoms with Crippen molar-refractivity contribution in [2.24, 2.45) is 0 Å². The molecule has 0 aliphatic carbocycles. The molecule has 0 unspecified atom stereocenters. The molecule has 0 bridgehead atoms. The predicted octanol–water partition coefficient (Wildman–Crippen LogP) is 2.30. The van der Waals surface area contributed by atoms with Gasteiger partial charge >= 0.3 is 6.18 Å². The summed E-state index contributed by atoms with van der Waals surface area (Å²) in [6, 6.07) is 1.63. The molecular weight excluding hydrogens is 188 g/mol. The first kappa shape index (κ1) is 9.70. The number of halogens is 4. The summed E-state index contributed by atoms with van der Waals surface area (Å²) in [4.78, 5) is 9.94. The number of benzene rings is 1. The average Bonchev–Trinajstić information content (AvgIpc) is 2.02. The van der Waals surface area contributed by atoms with Crippen LogP contribution in [0.2, 0.25) is 0 Å². The van der Waals surface area contributed by atoms with E-state index in [-0.39, 0.29) is 6.07 Å². The van der Waals surface area contributed by atoms with Crippen molar-refractivity contribution < 1.29 is 22.4 Å². The molecule has 0 aliphatic heterocycles. The van der Waals surface area contributed by atoms with Gasteiger partial charge in [0.05, 0.1) is 11.1 Å². The first-order valence-electron chi connectivity index (χ1n) is 3.20. The Morgan fingerprint density at radius 2 is 1.85 bits per heavy atom. The zero-order chi connectivity index (χ0) is 10.1. The Labute approximate surface area is 71.0 Å². The molecule has 69 valence electrons. The van der Waals surface area contributed by atoms with Crippen LogP contribution < -0.4 is 0 Å². The van der Waals surface area contributed by atoms with Gasteiger partial charge in [-0.2, -0.15) is 13.2 Å². The van der Waals surface area contributed by atoms with Crippen LogP contribution in [-0.4, -0.2) is 6.29 Å². The van der Waals surface area contributed by atoms with Crippen LogP contribution in [0.4, 0.5) is 17.6 Å². The summed E-state index contributed by atoms with van der Waals surface area (Å²) in [5.74, 6) is -1.22. The summed E-state index contributed by atoms with van der Waals surface area (Å²) in [7, 11) is 0. The SMILES string of the molecule is O=[C]c1ccc(C(F)(F)F)cc1F. The Morgan fingerprint density at radius 1 is 1.23 bits per heavy atom. The van der Waals surface area contributed by atoms with Crippen molar-refractivity contribution in [2.75, 3.05) is 0 Å². The lowest BCUT2D eigenvalue weighted by atomic mass is 10.1. The fraction of sp³-hybridized carbons (Fsp3) is 0.125. The Bertz CT molecular complexity index is 329. The first-order valence-corrected chi connectivity index (χ1v) is 3.20. The summed E-state index contributed by atoms with van der Waals surface area (Å²) in [5, 5.41) is 0. The first-order chi connectivity index (χ1) is 5.95. The molecule has 1 radical (unpaired) electrons. The van der Waals surface area contributed by atoms with Crippen LogP contribution in [0.15, 0.2) is 18.2 Å². The van der Waals surface area contributed by atoms with Crippen LogP contribution >= 0.6 is 0 Å². The Kier molecular flexibility index (Phi) is 2.36. The smallest absolute Gasteiger partial charge is 0.285 e. The van der Waals surface area contributed by atoms with E-state index >= 15 is 0 Å². The molecule has 0 aromatic heterocycles. The third kappa shape index (κ3) is 2.05. The van der Waals surface area contributed by atoms with E-state index in [4.69, 9.17) is 0 Å². The normalized spacial score (nSPS) is 11.4. The van der Waals surface area contributed by atoms with E-state index in [2.05, 4.69) is 0 Å². The molecule has 0 fully saturated rings. The molecule has 0 saturated carbocycles. The lowest BCUT2D eigenvalue weighted by molar-refractivity contribution is -0.137. The van der Waals surface area contributed by atoms with Crippen molar-refractivity contribution in [3.05, 3.63) is 35.1 Å². The van der Waals surface area contributed by atoms with Gasteiger partial charge < -0.3 is 0 Å². The minimum Gasteiger partial charge on any atom is -0.285 e. The fourth-order valence-electron chi connectivity index (χ4n) is 0.774. The lowest BCUT2D eigenvalue weighted by Crippen LogP contribution is -2.05. The fourth-order valence-corrected chi connectivity index (χ4v) is 0.774. The minimum absolute atomic E-state index is 0.264. The Morgan fingerprint density at radius 3 is 2.23 bits per heavy atom. The third-order valence-electron chi connectivity index (χ3n) is 1.41. The maximum atomic E-state index is 12.6. The van der Waals surface area contributed by atoms with E-state index in [0.29, 0.717) is 6.07 Å². The van der Waals surface area contributed by atoms with Crippen LogP contribution in [-0.2, 0) is 11.0 Å². The zero-order valence-corrected chi connectivity index (χ0v) is 6.15. The van der Waals surface area contributed by atoms with Crippen LogP contribution in [0.25, 0.3) is 0 Å². The van der Waals surface area contributed by atoms with Gasteiger partial charge in [0.15, 0.2) is 0 Å². The van der Waals surface area contributed by atoms with Gasteiger partial charge in [0.1, 0.15) is 5.82 Å². The van der Waals surface area contributed by atoms with Crippen molar-refractivity contribution >= 4 is 6.29 Å². The van der Waals surface area contributed by atoms with Crippen molar-refractivity contribution in [2.45, 2.75) is 6.18 Å². The molecule has 0 aliphatic rings. The van der Waals surface area contributed by atoms with Gasteiger partial charge in [0.2, 0.25) is 6.29 Å². The molecule has 1 nitrogen and oxygen atoms in total. The van der Waals surface area contributed by atoms with Crippen LogP contribution in [0.5, 0.6) is 0 Å². The highest BCUT2D eigenvalue weighted by molar-refractivity contribution is 5.75. The Hall–Kier alpha value is -1.39. The second kappa shape index (κ2) is 3.16. The van der Waals surface area contributed by atoms with Gasteiger partial charge in [0, 0.05) is 0 Å². The molecule has 0 heterocycles. The molecule has 0 amide bonds. The molecule has 1 rings (SSSR count). The number of alkyl halides is 3. The second-order valence-electron chi connectivity index (χ2n) is 2.29. The summed E-state index contributed by atoms with van der Waals surface area (Å²) >= 11 is 0. The van der Waals surface area contributed by atoms with E-state index in [1.54, 1.807) is 0 Å².